The standard InChI is InChI=1S/C21H25F4N3O3/c1-19(2,30)14-4-5-17(15(22)12-14)28-16(6-9-26-28)13-7-10-27(11-8-13)18(29)20(3,31)21(23,24)25/h4-6,9,12-13,30-31H,7-8,10-11H2,1-3H3/t20-/m1/s1. The number of hydrogen-bond donors (Lipinski definition) is 2. The predicted molar refractivity (Wildman–Crippen MR) is 104 cm³/mol. The summed E-state index contributed by atoms with van der Waals surface area (Å²) < 4.78 is 55.0. The molecule has 1 fully saturated rings. The average molecular weight is 443 g/mol. The molecular formula is C21H25F4N3O3. The molecule has 0 saturated carbocycles. The van der Waals surface area contributed by atoms with Crippen molar-refractivity contribution in [2.45, 2.75) is 56.9 Å². The van der Waals surface area contributed by atoms with Gasteiger partial charge in [-0.3, -0.25) is 4.79 Å². The van der Waals surface area contributed by atoms with Crippen molar-refractivity contribution in [3.05, 3.63) is 47.5 Å². The Hall–Kier alpha value is -2.46. The molecular weight excluding hydrogens is 418 g/mol. The van der Waals surface area contributed by atoms with Crippen molar-refractivity contribution in [1.82, 2.24) is 14.7 Å². The Morgan fingerprint density at radius 3 is 2.23 bits per heavy atom. The third-order valence-electron chi connectivity index (χ3n) is 5.72. The van der Waals surface area contributed by atoms with E-state index in [1.165, 1.54) is 23.0 Å². The summed E-state index contributed by atoms with van der Waals surface area (Å²) in [6.45, 7) is 3.61. The van der Waals surface area contributed by atoms with Crippen molar-refractivity contribution in [1.29, 1.82) is 0 Å². The van der Waals surface area contributed by atoms with E-state index >= 15 is 0 Å². The first-order valence-electron chi connectivity index (χ1n) is 9.88. The van der Waals surface area contributed by atoms with Crippen LogP contribution in [-0.2, 0) is 10.4 Å². The summed E-state index contributed by atoms with van der Waals surface area (Å²) >= 11 is 0. The molecule has 1 aliphatic rings. The molecule has 170 valence electrons. The van der Waals surface area contributed by atoms with Gasteiger partial charge in [0.1, 0.15) is 11.5 Å². The number of nitrogens with zero attached hydrogens (tertiary/aromatic N) is 3. The van der Waals surface area contributed by atoms with Crippen LogP contribution >= 0.6 is 0 Å². The highest BCUT2D eigenvalue weighted by molar-refractivity contribution is 5.85. The van der Waals surface area contributed by atoms with Crippen LogP contribution in [0, 0.1) is 5.82 Å². The number of halogens is 4. The van der Waals surface area contributed by atoms with Gasteiger partial charge in [-0.2, -0.15) is 18.3 Å². The number of benzene rings is 1. The molecule has 0 bridgehead atoms. The lowest BCUT2D eigenvalue weighted by Crippen LogP contribution is -2.57. The number of hydrogen-bond acceptors (Lipinski definition) is 4. The number of carbonyl (C=O) groups is 1. The number of carbonyl (C=O) groups excluding carboxylic acids is 1. The summed E-state index contributed by atoms with van der Waals surface area (Å²) in [4.78, 5) is 13.2. The third-order valence-corrected chi connectivity index (χ3v) is 5.72. The largest absolute Gasteiger partial charge is 0.426 e. The van der Waals surface area contributed by atoms with Crippen LogP contribution in [0.2, 0.25) is 0 Å². The average Bonchev–Trinajstić information content (AvgIpc) is 3.15. The second kappa shape index (κ2) is 7.90. The molecule has 1 amide bonds. The van der Waals surface area contributed by atoms with Gasteiger partial charge in [0.25, 0.3) is 5.91 Å². The number of rotatable bonds is 4. The highest BCUT2D eigenvalue weighted by atomic mass is 19.4. The van der Waals surface area contributed by atoms with Gasteiger partial charge in [-0.1, -0.05) is 6.07 Å². The van der Waals surface area contributed by atoms with Crippen molar-refractivity contribution in [3.63, 3.8) is 0 Å². The highest BCUT2D eigenvalue weighted by Gasteiger charge is 2.57. The van der Waals surface area contributed by atoms with Gasteiger partial charge >= 0.3 is 6.18 Å². The second-order valence-electron chi connectivity index (χ2n) is 8.53. The Morgan fingerprint density at radius 1 is 1.10 bits per heavy atom. The molecule has 2 N–H and O–H groups in total. The fraction of sp³-hybridized carbons (Fsp3) is 0.524. The van der Waals surface area contributed by atoms with Crippen molar-refractivity contribution >= 4 is 5.91 Å². The summed E-state index contributed by atoms with van der Waals surface area (Å²) in [5, 5.41) is 23.9. The molecule has 2 heterocycles. The van der Waals surface area contributed by atoms with Crippen LogP contribution in [0.15, 0.2) is 30.5 Å². The first-order valence-corrected chi connectivity index (χ1v) is 9.88. The van der Waals surface area contributed by atoms with Crippen LogP contribution in [0.25, 0.3) is 5.69 Å². The van der Waals surface area contributed by atoms with E-state index in [9.17, 15) is 32.6 Å². The maximum Gasteiger partial charge on any atom is 0.426 e. The van der Waals surface area contributed by atoms with Crippen molar-refractivity contribution in [2.24, 2.45) is 0 Å². The minimum Gasteiger partial charge on any atom is -0.386 e. The minimum atomic E-state index is -5.06. The fourth-order valence-corrected chi connectivity index (χ4v) is 3.69. The van der Waals surface area contributed by atoms with Gasteiger partial charge in [-0.25, -0.2) is 9.07 Å². The SMILES string of the molecule is CC(C)(O)c1ccc(-n2nccc2C2CCN(C(=O)[C@@](C)(O)C(F)(F)F)CC2)c(F)c1. The predicted octanol–water partition coefficient (Wildman–Crippen LogP) is 3.26. The van der Waals surface area contributed by atoms with E-state index in [0.717, 1.165) is 4.90 Å². The molecule has 0 unspecified atom stereocenters. The van der Waals surface area contributed by atoms with Crippen molar-refractivity contribution in [2.75, 3.05) is 13.1 Å². The summed E-state index contributed by atoms with van der Waals surface area (Å²) in [6, 6.07) is 6.06. The van der Waals surface area contributed by atoms with Gasteiger partial charge < -0.3 is 15.1 Å². The first kappa shape index (κ1) is 23.2. The van der Waals surface area contributed by atoms with Crippen LogP contribution in [0.5, 0.6) is 0 Å². The van der Waals surface area contributed by atoms with Crippen LogP contribution in [-0.4, -0.2) is 55.7 Å². The number of amides is 1. The van der Waals surface area contributed by atoms with Gasteiger partial charge in [-0.05, 0) is 57.4 Å². The van der Waals surface area contributed by atoms with E-state index in [-0.39, 0.29) is 24.7 Å². The molecule has 31 heavy (non-hydrogen) atoms. The maximum absolute atomic E-state index is 14.7. The lowest BCUT2D eigenvalue weighted by atomic mass is 9.92. The van der Waals surface area contributed by atoms with Gasteiger partial charge in [-0.15, -0.1) is 0 Å². The number of piperidine rings is 1. The molecule has 0 spiro atoms. The second-order valence-corrected chi connectivity index (χ2v) is 8.53. The highest BCUT2D eigenvalue weighted by Crippen LogP contribution is 2.35. The Kier molecular flexibility index (Phi) is 5.92. The van der Waals surface area contributed by atoms with Crippen molar-refractivity contribution < 1.29 is 32.6 Å². The number of aliphatic hydroxyl groups is 2. The Bertz CT molecular complexity index is 956. The van der Waals surface area contributed by atoms with Crippen LogP contribution in [0.4, 0.5) is 17.6 Å². The van der Waals surface area contributed by atoms with Gasteiger partial charge in [0.05, 0.1) is 5.60 Å². The van der Waals surface area contributed by atoms with Crippen LogP contribution in [0.3, 0.4) is 0 Å². The van der Waals surface area contributed by atoms with Gasteiger partial charge in [0, 0.05) is 30.9 Å². The summed E-state index contributed by atoms with van der Waals surface area (Å²) in [5.41, 5.74) is -3.38. The Labute approximate surface area is 177 Å². The smallest absolute Gasteiger partial charge is 0.386 e. The minimum absolute atomic E-state index is 0.0288. The first-order chi connectivity index (χ1) is 14.2. The van der Waals surface area contributed by atoms with E-state index in [1.54, 1.807) is 26.0 Å². The zero-order chi connectivity index (χ0) is 23.2. The molecule has 10 heteroatoms. The number of likely N-dealkylation sites (tertiary alicyclic amines) is 1. The lowest BCUT2D eigenvalue weighted by Gasteiger charge is -2.36. The monoisotopic (exact) mass is 443 g/mol. The summed E-state index contributed by atoms with van der Waals surface area (Å²) in [6.07, 6.45) is -2.87. The lowest BCUT2D eigenvalue weighted by molar-refractivity contribution is -0.250. The topological polar surface area (TPSA) is 78.6 Å². The quantitative estimate of drug-likeness (QED) is 0.712. The van der Waals surface area contributed by atoms with Crippen LogP contribution in [0.1, 0.15) is 50.8 Å². The summed E-state index contributed by atoms with van der Waals surface area (Å²) in [7, 11) is 0. The molecule has 6 nitrogen and oxygen atoms in total. The van der Waals surface area contributed by atoms with E-state index < -0.39 is 29.1 Å². The van der Waals surface area contributed by atoms with Crippen molar-refractivity contribution in [3.8, 4) is 5.69 Å². The zero-order valence-electron chi connectivity index (χ0n) is 17.4. The van der Waals surface area contributed by atoms with E-state index in [4.69, 9.17) is 0 Å². The molecule has 3 rings (SSSR count). The number of aromatic nitrogens is 2. The van der Waals surface area contributed by atoms with E-state index in [1.807, 2.05) is 0 Å². The molecule has 1 aromatic carbocycles. The fourth-order valence-electron chi connectivity index (χ4n) is 3.69. The maximum atomic E-state index is 14.7. The zero-order valence-corrected chi connectivity index (χ0v) is 17.4. The molecule has 1 aliphatic heterocycles. The number of alkyl halides is 3. The molecule has 1 aromatic heterocycles. The van der Waals surface area contributed by atoms with E-state index in [0.29, 0.717) is 31.0 Å². The molecule has 2 aromatic rings. The summed E-state index contributed by atoms with van der Waals surface area (Å²) in [5.74, 6) is -2.10. The van der Waals surface area contributed by atoms with Gasteiger partial charge in [0.2, 0.25) is 5.60 Å². The van der Waals surface area contributed by atoms with Crippen LogP contribution < -0.4 is 0 Å². The Morgan fingerprint density at radius 2 is 1.71 bits per heavy atom. The third kappa shape index (κ3) is 4.45. The Balaban J connectivity index is 1.77. The molecule has 1 saturated heterocycles. The normalized spacial score (nSPS) is 18.2. The van der Waals surface area contributed by atoms with Gasteiger partial charge in [0.15, 0.2) is 0 Å². The molecule has 0 radical (unpaired) electrons. The van der Waals surface area contributed by atoms with E-state index in [2.05, 4.69) is 5.10 Å². The molecule has 1 atom stereocenters. The molecule has 0 aliphatic carbocycles.